The summed E-state index contributed by atoms with van der Waals surface area (Å²) < 4.78 is 27.0. The minimum atomic E-state index is -3.50. The Morgan fingerprint density at radius 2 is 2.14 bits per heavy atom. The van der Waals surface area contributed by atoms with E-state index in [9.17, 15) is 13.2 Å². The molecule has 1 aliphatic rings. The monoisotopic (exact) mass is 327 g/mol. The maximum absolute atomic E-state index is 12.7. The highest BCUT2D eigenvalue weighted by Crippen LogP contribution is 2.26. The van der Waals surface area contributed by atoms with Crippen molar-refractivity contribution < 1.29 is 13.2 Å². The molecule has 1 aromatic rings. The molecule has 116 valence electrons. The SMILES string of the molecule is CCC(=O)c1cccc(S(=O)(=O)N2CCSC(CC)C2)c1. The fourth-order valence-corrected chi connectivity index (χ4v) is 5.26. The van der Waals surface area contributed by atoms with E-state index in [1.165, 1.54) is 6.07 Å². The number of hydrogen-bond donors (Lipinski definition) is 0. The molecule has 1 saturated heterocycles. The number of ketones is 1. The van der Waals surface area contributed by atoms with Gasteiger partial charge in [-0.1, -0.05) is 26.0 Å². The van der Waals surface area contributed by atoms with Gasteiger partial charge in [0.05, 0.1) is 4.90 Å². The number of thioether (sulfide) groups is 1. The zero-order valence-corrected chi connectivity index (χ0v) is 14.0. The Balaban J connectivity index is 2.29. The summed E-state index contributed by atoms with van der Waals surface area (Å²) in [7, 11) is -3.50. The van der Waals surface area contributed by atoms with Crippen molar-refractivity contribution in [3.8, 4) is 0 Å². The van der Waals surface area contributed by atoms with Crippen LogP contribution >= 0.6 is 11.8 Å². The number of nitrogens with zero attached hydrogens (tertiary/aromatic N) is 1. The van der Waals surface area contributed by atoms with Gasteiger partial charge in [0.15, 0.2) is 5.78 Å². The zero-order chi connectivity index (χ0) is 15.5. The Morgan fingerprint density at radius 1 is 1.38 bits per heavy atom. The molecule has 2 rings (SSSR count). The van der Waals surface area contributed by atoms with E-state index >= 15 is 0 Å². The van der Waals surface area contributed by atoms with E-state index in [0.717, 1.165) is 12.2 Å². The molecule has 1 atom stereocenters. The van der Waals surface area contributed by atoms with Crippen LogP contribution in [0.2, 0.25) is 0 Å². The largest absolute Gasteiger partial charge is 0.294 e. The van der Waals surface area contributed by atoms with Crippen LogP contribution in [-0.2, 0) is 10.0 Å². The average Bonchev–Trinajstić information content (AvgIpc) is 2.54. The molecule has 1 aromatic carbocycles. The minimum Gasteiger partial charge on any atom is -0.294 e. The van der Waals surface area contributed by atoms with Crippen molar-refractivity contribution in [3.63, 3.8) is 0 Å². The summed E-state index contributed by atoms with van der Waals surface area (Å²) in [6, 6.07) is 6.39. The third-order valence-corrected chi connectivity index (χ3v) is 6.90. The first-order valence-corrected chi connectivity index (χ1v) is 9.73. The van der Waals surface area contributed by atoms with Crippen LogP contribution in [0.3, 0.4) is 0 Å². The molecule has 1 aliphatic heterocycles. The van der Waals surface area contributed by atoms with E-state index in [4.69, 9.17) is 0 Å². The average molecular weight is 327 g/mol. The number of benzene rings is 1. The highest BCUT2D eigenvalue weighted by Gasteiger charge is 2.30. The minimum absolute atomic E-state index is 0.0346. The molecule has 0 N–H and O–H groups in total. The molecule has 0 spiro atoms. The van der Waals surface area contributed by atoms with Crippen LogP contribution in [0, 0.1) is 0 Å². The van der Waals surface area contributed by atoms with Crippen molar-refractivity contribution in [2.45, 2.75) is 36.8 Å². The third-order valence-electron chi connectivity index (χ3n) is 3.67. The second-order valence-corrected chi connectivity index (χ2v) is 8.41. The quantitative estimate of drug-likeness (QED) is 0.780. The molecule has 0 saturated carbocycles. The number of carbonyl (C=O) groups is 1. The van der Waals surface area contributed by atoms with Crippen LogP contribution in [0.1, 0.15) is 37.0 Å². The van der Waals surface area contributed by atoms with Crippen LogP contribution in [-0.4, -0.2) is 42.6 Å². The molecule has 0 aromatic heterocycles. The number of sulfonamides is 1. The number of carbonyl (C=O) groups excluding carboxylic acids is 1. The van der Waals surface area contributed by atoms with Gasteiger partial charge < -0.3 is 0 Å². The summed E-state index contributed by atoms with van der Waals surface area (Å²) in [6.45, 7) is 4.94. The van der Waals surface area contributed by atoms with Gasteiger partial charge in [0, 0.05) is 36.1 Å². The second kappa shape index (κ2) is 6.94. The predicted molar refractivity (Wildman–Crippen MR) is 86.4 cm³/mol. The van der Waals surface area contributed by atoms with E-state index < -0.39 is 10.0 Å². The van der Waals surface area contributed by atoms with Crippen LogP contribution in [0.15, 0.2) is 29.2 Å². The molecule has 6 heteroatoms. The maximum atomic E-state index is 12.7. The molecule has 0 radical (unpaired) electrons. The van der Waals surface area contributed by atoms with Gasteiger partial charge in [0.25, 0.3) is 0 Å². The van der Waals surface area contributed by atoms with Crippen molar-refractivity contribution in [3.05, 3.63) is 29.8 Å². The van der Waals surface area contributed by atoms with Gasteiger partial charge >= 0.3 is 0 Å². The first kappa shape index (κ1) is 16.5. The Bertz CT molecular complexity index is 613. The summed E-state index contributed by atoms with van der Waals surface area (Å²) in [6.07, 6.45) is 1.34. The van der Waals surface area contributed by atoms with Crippen LogP contribution in [0.25, 0.3) is 0 Å². The van der Waals surface area contributed by atoms with Crippen LogP contribution in [0.5, 0.6) is 0 Å². The van der Waals surface area contributed by atoms with E-state index in [0.29, 0.717) is 30.3 Å². The number of Topliss-reactive ketones (excluding diaryl/α,β-unsaturated/α-hetero) is 1. The fourth-order valence-electron chi connectivity index (χ4n) is 2.34. The maximum Gasteiger partial charge on any atom is 0.243 e. The molecule has 0 bridgehead atoms. The van der Waals surface area contributed by atoms with Gasteiger partial charge in [-0.3, -0.25) is 4.79 Å². The Labute approximate surface area is 131 Å². The lowest BCUT2D eigenvalue weighted by atomic mass is 10.1. The normalized spacial score (nSPS) is 20.4. The number of rotatable bonds is 5. The van der Waals surface area contributed by atoms with E-state index in [1.807, 2.05) is 11.8 Å². The van der Waals surface area contributed by atoms with Crippen LogP contribution in [0.4, 0.5) is 0 Å². The molecular formula is C15H21NO3S2. The van der Waals surface area contributed by atoms with Gasteiger partial charge in [-0.15, -0.1) is 0 Å². The number of hydrogen-bond acceptors (Lipinski definition) is 4. The first-order chi connectivity index (χ1) is 9.98. The lowest BCUT2D eigenvalue weighted by Crippen LogP contribution is -2.41. The molecule has 1 fully saturated rings. The molecule has 21 heavy (non-hydrogen) atoms. The summed E-state index contributed by atoms with van der Waals surface area (Å²) in [5, 5.41) is 0.356. The van der Waals surface area contributed by atoms with Gasteiger partial charge in [-0.25, -0.2) is 8.42 Å². The lowest BCUT2D eigenvalue weighted by Gasteiger charge is -2.31. The van der Waals surface area contributed by atoms with Crippen LogP contribution < -0.4 is 0 Å². The van der Waals surface area contributed by atoms with E-state index in [1.54, 1.807) is 29.4 Å². The van der Waals surface area contributed by atoms with Gasteiger partial charge in [-0.2, -0.15) is 16.1 Å². The Kier molecular flexibility index (Phi) is 5.46. The topological polar surface area (TPSA) is 54.5 Å². The Hall–Kier alpha value is -0.850. The molecule has 1 heterocycles. The van der Waals surface area contributed by atoms with Gasteiger partial charge in [-0.05, 0) is 18.6 Å². The standard InChI is InChI=1S/C15H21NO3S2/c1-3-13-11-16(8-9-20-13)21(18,19)14-7-5-6-12(10-14)15(17)4-2/h5-7,10,13H,3-4,8-9,11H2,1-2H3. The zero-order valence-electron chi connectivity index (χ0n) is 12.4. The fraction of sp³-hybridized carbons (Fsp3) is 0.533. The predicted octanol–water partition coefficient (Wildman–Crippen LogP) is 2.80. The molecule has 0 amide bonds. The molecule has 4 nitrogen and oxygen atoms in total. The highest BCUT2D eigenvalue weighted by atomic mass is 32.2. The van der Waals surface area contributed by atoms with E-state index in [2.05, 4.69) is 6.92 Å². The second-order valence-electron chi connectivity index (χ2n) is 5.07. The Morgan fingerprint density at radius 3 is 2.81 bits per heavy atom. The lowest BCUT2D eigenvalue weighted by molar-refractivity contribution is 0.0988. The van der Waals surface area contributed by atoms with Gasteiger partial charge in [0.2, 0.25) is 10.0 Å². The smallest absolute Gasteiger partial charge is 0.243 e. The van der Waals surface area contributed by atoms with Crippen molar-refractivity contribution in [1.82, 2.24) is 4.31 Å². The molecular weight excluding hydrogens is 306 g/mol. The third kappa shape index (κ3) is 3.67. The van der Waals surface area contributed by atoms with Crippen molar-refractivity contribution in [2.24, 2.45) is 0 Å². The van der Waals surface area contributed by atoms with Crippen molar-refractivity contribution >= 4 is 27.6 Å². The summed E-state index contributed by atoms with van der Waals surface area (Å²) in [4.78, 5) is 12.0. The summed E-state index contributed by atoms with van der Waals surface area (Å²) in [5.41, 5.74) is 0.469. The first-order valence-electron chi connectivity index (χ1n) is 7.24. The molecule has 0 aliphatic carbocycles. The van der Waals surface area contributed by atoms with E-state index in [-0.39, 0.29) is 10.7 Å². The summed E-state index contributed by atoms with van der Waals surface area (Å²) >= 11 is 1.83. The summed E-state index contributed by atoms with van der Waals surface area (Å²) in [5.74, 6) is 0.790. The van der Waals surface area contributed by atoms with Crippen molar-refractivity contribution in [1.29, 1.82) is 0 Å². The van der Waals surface area contributed by atoms with Crippen molar-refractivity contribution in [2.75, 3.05) is 18.8 Å². The highest BCUT2D eigenvalue weighted by molar-refractivity contribution is 8.00. The van der Waals surface area contributed by atoms with Gasteiger partial charge in [0.1, 0.15) is 0 Å². The molecule has 1 unspecified atom stereocenters.